The molecule has 0 radical (unpaired) electrons. The molecule has 110 valence electrons. The van der Waals surface area contributed by atoms with Crippen LogP contribution in [0.1, 0.15) is 0 Å². The SMILES string of the molecule is CNC1COCC1C(=O)Nc1cccc(-n2cnnn2)c1. The maximum Gasteiger partial charge on any atom is 0.231 e. The van der Waals surface area contributed by atoms with Gasteiger partial charge in [0.15, 0.2) is 0 Å². The summed E-state index contributed by atoms with van der Waals surface area (Å²) in [6, 6.07) is 7.40. The lowest BCUT2D eigenvalue weighted by atomic mass is 10.0. The Labute approximate surface area is 121 Å². The van der Waals surface area contributed by atoms with Gasteiger partial charge in [-0.25, -0.2) is 4.68 Å². The van der Waals surface area contributed by atoms with Gasteiger partial charge in [-0.1, -0.05) is 6.07 Å². The van der Waals surface area contributed by atoms with Crippen LogP contribution in [0.4, 0.5) is 5.69 Å². The van der Waals surface area contributed by atoms with Crippen molar-refractivity contribution < 1.29 is 9.53 Å². The Morgan fingerprint density at radius 2 is 2.33 bits per heavy atom. The first kappa shape index (κ1) is 13.7. The van der Waals surface area contributed by atoms with Crippen LogP contribution in [0.3, 0.4) is 0 Å². The number of anilines is 1. The Bertz CT molecular complexity index is 615. The third kappa shape index (κ3) is 2.91. The summed E-state index contributed by atoms with van der Waals surface area (Å²) in [6.07, 6.45) is 1.50. The van der Waals surface area contributed by atoms with E-state index < -0.39 is 0 Å². The van der Waals surface area contributed by atoms with E-state index in [1.165, 1.54) is 11.0 Å². The van der Waals surface area contributed by atoms with Gasteiger partial charge < -0.3 is 15.4 Å². The molecule has 2 atom stereocenters. The van der Waals surface area contributed by atoms with Crippen molar-refractivity contribution in [2.75, 3.05) is 25.6 Å². The van der Waals surface area contributed by atoms with Crippen molar-refractivity contribution in [1.29, 1.82) is 0 Å². The van der Waals surface area contributed by atoms with Gasteiger partial charge >= 0.3 is 0 Å². The first-order valence-electron chi connectivity index (χ1n) is 6.67. The van der Waals surface area contributed by atoms with E-state index >= 15 is 0 Å². The normalized spacial score (nSPS) is 21.4. The van der Waals surface area contributed by atoms with Gasteiger partial charge in [0.2, 0.25) is 5.91 Å². The van der Waals surface area contributed by atoms with Gasteiger partial charge in [0, 0.05) is 11.7 Å². The molecular weight excluding hydrogens is 272 g/mol. The average Bonchev–Trinajstić information content (AvgIpc) is 3.18. The largest absolute Gasteiger partial charge is 0.379 e. The fraction of sp³-hybridized carbons (Fsp3) is 0.385. The Morgan fingerprint density at radius 1 is 1.43 bits per heavy atom. The molecule has 2 unspecified atom stereocenters. The summed E-state index contributed by atoms with van der Waals surface area (Å²) in [5, 5.41) is 17.0. The molecule has 1 aliphatic rings. The van der Waals surface area contributed by atoms with Gasteiger partial charge in [-0.3, -0.25) is 4.79 Å². The smallest absolute Gasteiger partial charge is 0.231 e. The highest BCUT2D eigenvalue weighted by Gasteiger charge is 2.32. The number of carbonyl (C=O) groups excluding carboxylic acids is 1. The quantitative estimate of drug-likeness (QED) is 0.811. The highest BCUT2D eigenvalue weighted by Crippen LogP contribution is 2.18. The third-order valence-electron chi connectivity index (χ3n) is 3.52. The Balaban J connectivity index is 1.73. The summed E-state index contributed by atoms with van der Waals surface area (Å²) in [7, 11) is 1.83. The second-order valence-corrected chi connectivity index (χ2v) is 4.83. The molecule has 1 aromatic carbocycles. The molecule has 2 N–H and O–H groups in total. The minimum absolute atomic E-state index is 0.0488. The van der Waals surface area contributed by atoms with E-state index in [0.29, 0.717) is 18.9 Å². The number of carbonyl (C=O) groups is 1. The molecule has 1 aliphatic heterocycles. The Morgan fingerprint density at radius 3 is 3.10 bits per heavy atom. The summed E-state index contributed by atoms with van der Waals surface area (Å²) in [6.45, 7) is 0.989. The molecule has 0 aliphatic carbocycles. The van der Waals surface area contributed by atoms with Crippen molar-refractivity contribution in [3.8, 4) is 5.69 Å². The van der Waals surface area contributed by atoms with Crippen molar-refractivity contribution >= 4 is 11.6 Å². The molecule has 2 aromatic rings. The highest BCUT2D eigenvalue weighted by molar-refractivity contribution is 5.93. The molecule has 1 fully saturated rings. The fourth-order valence-electron chi connectivity index (χ4n) is 2.34. The highest BCUT2D eigenvalue weighted by atomic mass is 16.5. The van der Waals surface area contributed by atoms with E-state index in [1.54, 1.807) is 0 Å². The van der Waals surface area contributed by atoms with Crippen LogP contribution in [-0.4, -0.2) is 52.4 Å². The predicted octanol–water partition coefficient (Wildman–Crippen LogP) is -0.165. The van der Waals surface area contributed by atoms with E-state index in [2.05, 4.69) is 26.2 Å². The second kappa shape index (κ2) is 5.98. The number of nitrogens with zero attached hydrogens (tertiary/aromatic N) is 4. The minimum atomic E-state index is -0.188. The van der Waals surface area contributed by atoms with Crippen LogP contribution in [-0.2, 0) is 9.53 Å². The maximum absolute atomic E-state index is 12.3. The molecule has 8 nitrogen and oxygen atoms in total. The van der Waals surface area contributed by atoms with E-state index in [4.69, 9.17) is 4.74 Å². The van der Waals surface area contributed by atoms with Gasteiger partial charge in [0.1, 0.15) is 6.33 Å². The summed E-state index contributed by atoms with van der Waals surface area (Å²) in [4.78, 5) is 12.3. The second-order valence-electron chi connectivity index (χ2n) is 4.83. The summed E-state index contributed by atoms with van der Waals surface area (Å²) in [5.74, 6) is -0.243. The van der Waals surface area contributed by atoms with E-state index in [9.17, 15) is 4.79 Å². The number of ether oxygens (including phenoxy) is 1. The van der Waals surface area contributed by atoms with Crippen LogP contribution in [0.25, 0.3) is 5.69 Å². The van der Waals surface area contributed by atoms with E-state index in [-0.39, 0.29) is 17.9 Å². The summed E-state index contributed by atoms with van der Waals surface area (Å²) < 4.78 is 6.88. The lowest BCUT2D eigenvalue weighted by Crippen LogP contribution is -2.39. The molecular formula is C13H16N6O2. The van der Waals surface area contributed by atoms with Crippen LogP contribution in [0.2, 0.25) is 0 Å². The van der Waals surface area contributed by atoms with Crippen molar-refractivity contribution in [1.82, 2.24) is 25.5 Å². The number of hydrogen-bond donors (Lipinski definition) is 2. The molecule has 1 amide bonds. The number of rotatable bonds is 4. The Kier molecular flexibility index (Phi) is 3.89. The molecule has 0 saturated carbocycles. The molecule has 1 aromatic heterocycles. The zero-order valence-electron chi connectivity index (χ0n) is 11.6. The molecule has 0 bridgehead atoms. The standard InChI is InChI=1S/C13H16N6O2/c1-14-12-7-21-6-11(12)13(20)16-9-3-2-4-10(5-9)19-8-15-17-18-19/h2-5,8,11-12,14H,6-7H2,1H3,(H,16,20). The molecule has 2 heterocycles. The molecule has 8 heteroatoms. The number of hydrogen-bond acceptors (Lipinski definition) is 6. The number of nitrogens with one attached hydrogen (secondary N) is 2. The number of likely N-dealkylation sites (N-methyl/N-ethyl adjacent to an activating group) is 1. The van der Waals surface area contributed by atoms with Crippen LogP contribution in [0.5, 0.6) is 0 Å². The van der Waals surface area contributed by atoms with Crippen LogP contribution in [0.15, 0.2) is 30.6 Å². The summed E-state index contributed by atoms with van der Waals surface area (Å²) in [5.41, 5.74) is 1.49. The van der Waals surface area contributed by atoms with Gasteiger partial charge in [-0.05, 0) is 35.7 Å². The first-order chi connectivity index (χ1) is 10.3. The maximum atomic E-state index is 12.3. The molecule has 0 spiro atoms. The number of aromatic nitrogens is 4. The third-order valence-corrected chi connectivity index (χ3v) is 3.52. The topological polar surface area (TPSA) is 94.0 Å². The van der Waals surface area contributed by atoms with Crippen molar-refractivity contribution in [2.24, 2.45) is 5.92 Å². The lowest BCUT2D eigenvalue weighted by Gasteiger charge is -2.16. The molecule has 21 heavy (non-hydrogen) atoms. The van der Waals surface area contributed by atoms with E-state index in [0.717, 1.165) is 5.69 Å². The van der Waals surface area contributed by atoms with Gasteiger partial charge in [-0.15, -0.1) is 5.10 Å². The first-order valence-corrected chi connectivity index (χ1v) is 6.67. The van der Waals surface area contributed by atoms with Gasteiger partial charge in [0.25, 0.3) is 0 Å². The average molecular weight is 288 g/mol. The van der Waals surface area contributed by atoms with Crippen molar-refractivity contribution in [3.63, 3.8) is 0 Å². The Hall–Kier alpha value is -2.32. The zero-order valence-corrected chi connectivity index (χ0v) is 11.6. The monoisotopic (exact) mass is 288 g/mol. The van der Waals surface area contributed by atoms with Crippen LogP contribution < -0.4 is 10.6 Å². The predicted molar refractivity (Wildman–Crippen MR) is 74.9 cm³/mol. The number of benzene rings is 1. The number of amides is 1. The van der Waals surface area contributed by atoms with Crippen LogP contribution in [0, 0.1) is 5.92 Å². The van der Waals surface area contributed by atoms with Crippen molar-refractivity contribution in [3.05, 3.63) is 30.6 Å². The van der Waals surface area contributed by atoms with E-state index in [1.807, 2.05) is 31.3 Å². The van der Waals surface area contributed by atoms with Crippen molar-refractivity contribution in [2.45, 2.75) is 6.04 Å². The fourth-order valence-corrected chi connectivity index (χ4v) is 2.34. The molecule has 1 saturated heterocycles. The minimum Gasteiger partial charge on any atom is -0.379 e. The molecule has 3 rings (SSSR count). The summed E-state index contributed by atoms with van der Waals surface area (Å²) >= 11 is 0. The van der Waals surface area contributed by atoms with Crippen LogP contribution >= 0.6 is 0 Å². The van der Waals surface area contributed by atoms with Gasteiger partial charge in [-0.2, -0.15) is 0 Å². The lowest BCUT2D eigenvalue weighted by molar-refractivity contribution is -0.120. The van der Waals surface area contributed by atoms with Gasteiger partial charge in [0.05, 0.1) is 24.8 Å². The number of tetrazole rings is 1. The zero-order chi connectivity index (χ0) is 14.7.